The Labute approximate surface area is 116 Å². The van der Waals surface area contributed by atoms with Crippen LogP contribution in [0.1, 0.15) is 38.7 Å². The highest BCUT2D eigenvalue weighted by atomic mass is 19.1. The van der Waals surface area contributed by atoms with E-state index in [1.165, 1.54) is 24.8 Å². The average Bonchev–Trinajstić information content (AvgIpc) is 2.35. The number of hydrogen-bond acceptors (Lipinski definition) is 1. The van der Waals surface area contributed by atoms with Gasteiger partial charge in [0, 0.05) is 0 Å². The number of benzene rings is 1. The van der Waals surface area contributed by atoms with Crippen molar-refractivity contribution in [2.45, 2.75) is 39.5 Å². The Morgan fingerprint density at radius 3 is 2.53 bits per heavy atom. The van der Waals surface area contributed by atoms with Crippen molar-refractivity contribution in [2.24, 2.45) is 17.3 Å². The van der Waals surface area contributed by atoms with Gasteiger partial charge in [-0.25, -0.2) is 4.39 Å². The van der Waals surface area contributed by atoms with Gasteiger partial charge in [0.25, 0.3) is 0 Å². The van der Waals surface area contributed by atoms with E-state index in [0.717, 1.165) is 18.9 Å². The van der Waals surface area contributed by atoms with Crippen molar-refractivity contribution >= 4 is 0 Å². The molecule has 0 aromatic heterocycles. The van der Waals surface area contributed by atoms with Gasteiger partial charge in [0.2, 0.25) is 0 Å². The highest BCUT2D eigenvalue weighted by Crippen LogP contribution is 2.42. The summed E-state index contributed by atoms with van der Waals surface area (Å²) in [6.07, 6.45) is 4.98. The van der Waals surface area contributed by atoms with E-state index >= 15 is 0 Å². The van der Waals surface area contributed by atoms with E-state index in [9.17, 15) is 4.39 Å². The predicted octanol–water partition coefficient (Wildman–Crippen LogP) is 4.03. The van der Waals surface area contributed by atoms with E-state index in [2.05, 4.69) is 19.2 Å². The zero-order valence-electron chi connectivity index (χ0n) is 12.4. The summed E-state index contributed by atoms with van der Waals surface area (Å²) in [7, 11) is 2.04. The van der Waals surface area contributed by atoms with Crippen LogP contribution in [0.25, 0.3) is 0 Å². The van der Waals surface area contributed by atoms with Crippen molar-refractivity contribution in [3.05, 3.63) is 35.6 Å². The molecule has 0 saturated heterocycles. The molecule has 1 aromatic carbocycles. The third kappa shape index (κ3) is 4.04. The highest BCUT2D eigenvalue weighted by molar-refractivity contribution is 5.17. The van der Waals surface area contributed by atoms with E-state index in [1.54, 1.807) is 12.1 Å². The summed E-state index contributed by atoms with van der Waals surface area (Å²) >= 11 is 0. The van der Waals surface area contributed by atoms with Gasteiger partial charge >= 0.3 is 0 Å². The van der Waals surface area contributed by atoms with Gasteiger partial charge in [0.15, 0.2) is 0 Å². The number of hydrogen-bond donors (Lipinski definition) is 1. The second-order valence-electron chi connectivity index (χ2n) is 6.82. The molecule has 106 valence electrons. The minimum atomic E-state index is -0.139. The summed E-state index contributed by atoms with van der Waals surface area (Å²) in [5.74, 6) is 1.32. The van der Waals surface area contributed by atoms with Gasteiger partial charge in [-0.15, -0.1) is 0 Å². The molecule has 2 heteroatoms. The first-order valence-corrected chi connectivity index (χ1v) is 7.39. The van der Waals surface area contributed by atoms with Gasteiger partial charge in [-0.1, -0.05) is 26.0 Å². The largest absolute Gasteiger partial charge is 0.319 e. The molecule has 1 nitrogen and oxygen atoms in total. The highest BCUT2D eigenvalue weighted by Gasteiger charge is 2.34. The number of halogens is 1. The molecular weight excluding hydrogens is 237 g/mol. The van der Waals surface area contributed by atoms with Crippen molar-refractivity contribution in [1.82, 2.24) is 5.32 Å². The molecule has 1 N–H and O–H groups in total. The normalized spacial score (nSPS) is 26.3. The lowest BCUT2D eigenvalue weighted by Crippen LogP contribution is -2.36. The second-order valence-corrected chi connectivity index (χ2v) is 6.82. The fraction of sp³-hybridized carbons (Fsp3) is 0.647. The maximum absolute atomic E-state index is 13.0. The molecule has 1 aliphatic rings. The zero-order valence-corrected chi connectivity index (χ0v) is 12.4. The molecule has 1 aromatic rings. The third-order valence-electron chi connectivity index (χ3n) is 4.55. The van der Waals surface area contributed by atoms with Gasteiger partial charge in [-0.2, -0.15) is 0 Å². The Hall–Kier alpha value is -0.890. The molecule has 0 radical (unpaired) electrons. The zero-order chi connectivity index (χ0) is 13.9. The van der Waals surface area contributed by atoms with Crippen LogP contribution in [0, 0.1) is 23.1 Å². The van der Waals surface area contributed by atoms with Gasteiger partial charge in [0.05, 0.1) is 0 Å². The molecular formula is C17H26FN. The van der Waals surface area contributed by atoms with E-state index in [0.29, 0.717) is 11.3 Å². The molecule has 19 heavy (non-hydrogen) atoms. The molecule has 0 aliphatic heterocycles. The fourth-order valence-corrected chi connectivity index (χ4v) is 3.48. The molecule has 0 bridgehead atoms. The molecule has 0 spiro atoms. The van der Waals surface area contributed by atoms with Gasteiger partial charge < -0.3 is 5.32 Å². The number of nitrogens with one attached hydrogen (secondary N) is 1. The van der Waals surface area contributed by atoms with Crippen LogP contribution in [0.2, 0.25) is 0 Å². The van der Waals surface area contributed by atoms with E-state index in [-0.39, 0.29) is 5.82 Å². The summed E-state index contributed by atoms with van der Waals surface area (Å²) in [6, 6.07) is 7.04. The lowest BCUT2D eigenvalue weighted by Gasteiger charge is -2.41. The first kappa shape index (κ1) is 14.5. The molecule has 2 unspecified atom stereocenters. The smallest absolute Gasteiger partial charge is 0.123 e. The van der Waals surface area contributed by atoms with Crippen LogP contribution in [0.4, 0.5) is 4.39 Å². The van der Waals surface area contributed by atoms with Crippen molar-refractivity contribution in [3.63, 3.8) is 0 Å². The van der Waals surface area contributed by atoms with Crippen LogP contribution in [0.5, 0.6) is 0 Å². The van der Waals surface area contributed by atoms with Crippen LogP contribution in [-0.2, 0) is 6.42 Å². The van der Waals surface area contributed by atoms with Crippen molar-refractivity contribution < 1.29 is 4.39 Å². The lowest BCUT2D eigenvalue weighted by atomic mass is 9.65. The summed E-state index contributed by atoms with van der Waals surface area (Å²) < 4.78 is 13.0. The first-order valence-electron chi connectivity index (χ1n) is 7.39. The topological polar surface area (TPSA) is 12.0 Å². The van der Waals surface area contributed by atoms with Crippen LogP contribution < -0.4 is 5.32 Å². The van der Waals surface area contributed by atoms with Crippen molar-refractivity contribution in [1.29, 1.82) is 0 Å². The van der Waals surface area contributed by atoms with Crippen LogP contribution in [0.3, 0.4) is 0 Å². The standard InChI is InChI=1S/C17H26FN/c1-17(2)9-8-14(12-19-3)15(11-17)10-13-4-6-16(18)7-5-13/h4-7,14-15,19H,8-12H2,1-3H3. The van der Waals surface area contributed by atoms with Gasteiger partial charge in [-0.3, -0.25) is 0 Å². The van der Waals surface area contributed by atoms with Crippen molar-refractivity contribution in [2.75, 3.05) is 13.6 Å². The summed E-state index contributed by atoms with van der Waals surface area (Å²) in [6.45, 7) is 5.85. The molecule has 2 rings (SSSR count). The molecule has 0 heterocycles. The van der Waals surface area contributed by atoms with Gasteiger partial charge in [-0.05, 0) is 74.2 Å². The summed E-state index contributed by atoms with van der Waals surface area (Å²) in [5.41, 5.74) is 1.72. The quantitative estimate of drug-likeness (QED) is 0.865. The number of rotatable bonds is 4. The molecule has 0 amide bonds. The van der Waals surface area contributed by atoms with Crippen LogP contribution >= 0.6 is 0 Å². The summed E-state index contributed by atoms with van der Waals surface area (Å²) in [5, 5.41) is 3.33. The van der Waals surface area contributed by atoms with Crippen LogP contribution in [-0.4, -0.2) is 13.6 Å². The molecule has 1 fully saturated rings. The second kappa shape index (κ2) is 6.04. The maximum Gasteiger partial charge on any atom is 0.123 e. The minimum Gasteiger partial charge on any atom is -0.319 e. The minimum absolute atomic E-state index is 0.139. The average molecular weight is 263 g/mol. The van der Waals surface area contributed by atoms with Crippen LogP contribution in [0.15, 0.2) is 24.3 Å². The van der Waals surface area contributed by atoms with E-state index in [4.69, 9.17) is 0 Å². The Morgan fingerprint density at radius 2 is 1.89 bits per heavy atom. The lowest BCUT2D eigenvalue weighted by molar-refractivity contribution is 0.117. The monoisotopic (exact) mass is 263 g/mol. The summed E-state index contributed by atoms with van der Waals surface area (Å²) in [4.78, 5) is 0. The Balaban J connectivity index is 2.06. The predicted molar refractivity (Wildman–Crippen MR) is 78.6 cm³/mol. The third-order valence-corrected chi connectivity index (χ3v) is 4.55. The van der Waals surface area contributed by atoms with Gasteiger partial charge in [0.1, 0.15) is 5.82 Å². The molecule has 1 aliphatic carbocycles. The Bertz CT molecular complexity index is 396. The Kier molecular flexibility index (Phi) is 4.62. The SMILES string of the molecule is CNCC1CCC(C)(C)CC1Cc1ccc(F)cc1. The molecule has 1 saturated carbocycles. The maximum atomic E-state index is 13.0. The van der Waals surface area contributed by atoms with Crippen molar-refractivity contribution in [3.8, 4) is 0 Å². The first-order chi connectivity index (χ1) is 9.00. The van der Waals surface area contributed by atoms with E-state index < -0.39 is 0 Å². The fourth-order valence-electron chi connectivity index (χ4n) is 3.48. The van der Waals surface area contributed by atoms with E-state index in [1.807, 2.05) is 19.2 Å². The Morgan fingerprint density at radius 1 is 1.21 bits per heavy atom. The molecule has 2 atom stereocenters.